The number of aliphatic imine (C=N–C) groups is 1. The van der Waals surface area contributed by atoms with Gasteiger partial charge in [-0.15, -0.1) is 0 Å². The third-order valence-electron chi connectivity index (χ3n) is 3.48. The molecule has 0 saturated heterocycles. The Morgan fingerprint density at radius 2 is 2.08 bits per heavy atom. The zero-order chi connectivity index (χ0) is 17.9. The molecule has 0 spiro atoms. The molecule has 0 saturated carbocycles. The molecule has 2 unspecified atom stereocenters. The molecule has 24 heavy (non-hydrogen) atoms. The predicted octanol–water partition coefficient (Wildman–Crippen LogP) is 3.45. The first-order valence-corrected chi connectivity index (χ1v) is 8.65. The van der Waals surface area contributed by atoms with Crippen molar-refractivity contribution in [3.05, 3.63) is 41.1 Å². The molecule has 0 bridgehead atoms. The fraction of sp³-hybridized carbons (Fsp3) is 0.438. The number of rotatable bonds is 5. The maximum absolute atomic E-state index is 13.1. The normalized spacial score (nSPS) is 17.6. The largest absolute Gasteiger partial charge is 0.400 e. The molecule has 1 N–H and O–H groups in total. The van der Waals surface area contributed by atoms with Crippen molar-refractivity contribution >= 4 is 16.6 Å². The van der Waals surface area contributed by atoms with E-state index in [0.29, 0.717) is 18.5 Å². The van der Waals surface area contributed by atoms with Crippen molar-refractivity contribution < 1.29 is 21.8 Å². The quantitative estimate of drug-likeness (QED) is 0.815. The van der Waals surface area contributed by atoms with Crippen molar-refractivity contribution in [2.75, 3.05) is 12.3 Å². The fourth-order valence-corrected chi connectivity index (χ4v) is 3.45. The molecule has 0 amide bonds. The lowest BCUT2D eigenvalue weighted by Crippen LogP contribution is -2.30. The lowest BCUT2D eigenvalue weighted by atomic mass is 10.0. The molecular formula is C16H18F4N2OS. The van der Waals surface area contributed by atoms with Crippen molar-refractivity contribution in [1.82, 2.24) is 5.32 Å². The van der Waals surface area contributed by atoms with E-state index in [1.165, 1.54) is 13.0 Å². The lowest BCUT2D eigenvalue weighted by Gasteiger charge is -2.16. The Bertz CT molecular complexity index is 696. The summed E-state index contributed by atoms with van der Waals surface area (Å²) in [5, 5.41) is 2.77. The summed E-state index contributed by atoms with van der Waals surface area (Å²) in [6, 6.07) is 4.98. The number of nitrogens with one attached hydrogen (secondary N) is 1. The fourth-order valence-electron chi connectivity index (χ4n) is 2.29. The highest BCUT2D eigenvalue weighted by Gasteiger charge is 2.31. The Labute approximate surface area is 140 Å². The average molecular weight is 362 g/mol. The van der Waals surface area contributed by atoms with Crippen LogP contribution in [-0.4, -0.2) is 34.7 Å². The first kappa shape index (κ1) is 18.6. The van der Waals surface area contributed by atoms with E-state index < -0.39 is 28.9 Å². The highest BCUT2D eigenvalue weighted by molar-refractivity contribution is 7.85. The number of aryl methyl sites for hydroxylation is 1. The molecule has 0 aromatic heterocycles. The molecule has 1 heterocycles. The van der Waals surface area contributed by atoms with Crippen LogP contribution < -0.4 is 5.32 Å². The van der Waals surface area contributed by atoms with E-state index in [9.17, 15) is 21.8 Å². The first-order chi connectivity index (χ1) is 11.2. The molecule has 1 aliphatic heterocycles. The first-order valence-electron chi connectivity index (χ1n) is 7.33. The number of nitrogens with zero attached hydrogens (tertiary/aromatic N) is 1. The topological polar surface area (TPSA) is 41.5 Å². The van der Waals surface area contributed by atoms with Crippen LogP contribution in [0.25, 0.3) is 0 Å². The van der Waals surface area contributed by atoms with Gasteiger partial charge in [0.2, 0.25) is 0 Å². The van der Waals surface area contributed by atoms with Gasteiger partial charge in [-0.2, -0.15) is 13.2 Å². The summed E-state index contributed by atoms with van der Waals surface area (Å²) in [6.45, 7) is 3.34. The van der Waals surface area contributed by atoms with E-state index in [-0.39, 0.29) is 10.7 Å². The second-order valence-electron chi connectivity index (χ2n) is 5.65. The third-order valence-corrected chi connectivity index (χ3v) is 5.00. The van der Waals surface area contributed by atoms with E-state index in [4.69, 9.17) is 0 Å². The monoisotopic (exact) mass is 362 g/mol. The van der Waals surface area contributed by atoms with Crippen LogP contribution in [-0.2, 0) is 17.2 Å². The second kappa shape index (κ2) is 7.46. The van der Waals surface area contributed by atoms with Gasteiger partial charge < -0.3 is 5.32 Å². The molecule has 0 fully saturated rings. The molecule has 8 heteroatoms. The highest BCUT2D eigenvalue weighted by Crippen LogP contribution is 2.23. The highest BCUT2D eigenvalue weighted by atomic mass is 32.2. The number of hydrogen-bond donors (Lipinski definition) is 1. The molecule has 1 aliphatic rings. The molecule has 0 aliphatic carbocycles. The van der Waals surface area contributed by atoms with Crippen LogP contribution >= 0.6 is 0 Å². The van der Waals surface area contributed by atoms with Gasteiger partial charge in [0.1, 0.15) is 11.6 Å². The molecule has 1 aromatic carbocycles. The number of amidine groups is 1. The van der Waals surface area contributed by atoms with Gasteiger partial charge in [0.05, 0.1) is 17.3 Å². The second-order valence-corrected chi connectivity index (χ2v) is 7.07. The van der Waals surface area contributed by atoms with Gasteiger partial charge in [0, 0.05) is 11.1 Å². The van der Waals surface area contributed by atoms with E-state index in [2.05, 4.69) is 10.3 Å². The smallest absolute Gasteiger partial charge is 0.348 e. The Morgan fingerprint density at radius 3 is 2.62 bits per heavy atom. The van der Waals surface area contributed by atoms with Gasteiger partial charge in [-0.05, 0) is 43.0 Å². The van der Waals surface area contributed by atoms with Crippen molar-refractivity contribution in [3.63, 3.8) is 0 Å². The van der Waals surface area contributed by atoms with E-state index >= 15 is 0 Å². The standard InChI is InChI=1S/C16H18F4N2OS/c1-10-3-4-12(6-14(10)24(23)9-16(18,19)20)5-13-7-21-15(11(2)17)22-8-13/h3-4,6-7,11H,5,8-9H2,1-2H3,(H,21,22). The lowest BCUT2D eigenvalue weighted by molar-refractivity contribution is -0.105. The van der Waals surface area contributed by atoms with Gasteiger partial charge in [-0.3, -0.25) is 9.20 Å². The molecule has 132 valence electrons. The summed E-state index contributed by atoms with van der Waals surface area (Å²) in [6.07, 6.45) is -3.55. The van der Waals surface area contributed by atoms with Crippen LogP contribution in [0, 0.1) is 6.92 Å². The van der Waals surface area contributed by atoms with Crippen LogP contribution in [0.2, 0.25) is 0 Å². The van der Waals surface area contributed by atoms with Crippen LogP contribution in [0.5, 0.6) is 0 Å². The Kier molecular flexibility index (Phi) is 5.79. The summed E-state index contributed by atoms with van der Waals surface area (Å²) < 4.78 is 62.4. The minimum atomic E-state index is -4.47. The van der Waals surface area contributed by atoms with Gasteiger partial charge in [-0.1, -0.05) is 12.1 Å². The minimum Gasteiger partial charge on any atom is -0.348 e. The molecule has 2 atom stereocenters. The zero-order valence-corrected chi connectivity index (χ0v) is 14.1. The average Bonchev–Trinajstić information content (AvgIpc) is 2.48. The summed E-state index contributed by atoms with van der Waals surface area (Å²) in [7, 11) is -2.13. The number of alkyl halides is 4. The minimum absolute atomic E-state index is 0.191. The van der Waals surface area contributed by atoms with Crippen molar-refractivity contribution in [3.8, 4) is 0 Å². The van der Waals surface area contributed by atoms with Crippen LogP contribution in [0.3, 0.4) is 0 Å². The Hall–Kier alpha value is -1.70. The maximum Gasteiger partial charge on any atom is 0.400 e. The molecule has 1 aromatic rings. The van der Waals surface area contributed by atoms with Crippen molar-refractivity contribution in [1.29, 1.82) is 0 Å². The number of hydrogen-bond acceptors (Lipinski definition) is 3. The van der Waals surface area contributed by atoms with Crippen LogP contribution in [0.15, 0.2) is 39.9 Å². The summed E-state index contributed by atoms with van der Waals surface area (Å²) in [5.41, 5.74) is 2.17. The van der Waals surface area contributed by atoms with Crippen LogP contribution in [0.4, 0.5) is 17.6 Å². The Morgan fingerprint density at radius 1 is 1.38 bits per heavy atom. The van der Waals surface area contributed by atoms with Gasteiger partial charge >= 0.3 is 6.18 Å². The van der Waals surface area contributed by atoms with Crippen LogP contribution in [0.1, 0.15) is 18.1 Å². The third kappa shape index (κ3) is 5.15. The summed E-state index contributed by atoms with van der Waals surface area (Å²) in [4.78, 5) is 4.27. The Balaban J connectivity index is 2.11. The molecule has 3 nitrogen and oxygen atoms in total. The van der Waals surface area contributed by atoms with Crippen molar-refractivity contribution in [2.24, 2.45) is 4.99 Å². The van der Waals surface area contributed by atoms with Gasteiger partial charge in [0.15, 0.2) is 6.17 Å². The van der Waals surface area contributed by atoms with E-state index in [0.717, 1.165) is 11.1 Å². The van der Waals surface area contributed by atoms with Gasteiger partial charge in [-0.25, -0.2) is 4.39 Å². The predicted molar refractivity (Wildman–Crippen MR) is 86.3 cm³/mol. The SMILES string of the molecule is Cc1ccc(CC2=CNC(C(C)F)=NC2)cc1S(=O)CC(F)(F)F. The van der Waals surface area contributed by atoms with Crippen molar-refractivity contribution in [2.45, 2.75) is 37.5 Å². The van der Waals surface area contributed by atoms with Gasteiger partial charge in [0.25, 0.3) is 0 Å². The molecule has 2 rings (SSSR count). The molecular weight excluding hydrogens is 344 g/mol. The maximum atomic E-state index is 13.1. The van der Waals surface area contributed by atoms with E-state index in [1.54, 1.807) is 25.3 Å². The summed E-state index contributed by atoms with van der Waals surface area (Å²) in [5.74, 6) is -1.10. The number of halogens is 4. The van der Waals surface area contributed by atoms with E-state index in [1.807, 2.05) is 0 Å². The number of benzene rings is 1. The summed E-state index contributed by atoms with van der Waals surface area (Å²) >= 11 is 0. The molecule has 0 radical (unpaired) electrons. The zero-order valence-electron chi connectivity index (χ0n) is 13.3.